The van der Waals surface area contributed by atoms with E-state index in [2.05, 4.69) is 15.3 Å². The highest BCUT2D eigenvalue weighted by Gasteiger charge is 1.99. The molecule has 0 unspecified atom stereocenters. The van der Waals surface area contributed by atoms with Crippen molar-refractivity contribution in [3.63, 3.8) is 0 Å². The molecule has 0 spiro atoms. The van der Waals surface area contributed by atoms with E-state index in [1.165, 1.54) is 0 Å². The lowest BCUT2D eigenvalue weighted by Gasteiger charge is -2.05. The molecule has 1 heterocycles. The van der Waals surface area contributed by atoms with Crippen LogP contribution in [-0.2, 0) is 4.74 Å². The number of anilines is 1. The fourth-order valence-electron chi connectivity index (χ4n) is 1.15. The van der Waals surface area contributed by atoms with Gasteiger partial charge in [-0.25, -0.2) is 9.97 Å². The molecule has 0 aromatic carbocycles. The van der Waals surface area contributed by atoms with Crippen LogP contribution in [0.1, 0.15) is 17.9 Å². The van der Waals surface area contributed by atoms with Gasteiger partial charge in [-0.3, -0.25) is 0 Å². The number of nitrogens with zero attached hydrogens (tertiary/aromatic N) is 3. The van der Waals surface area contributed by atoms with Gasteiger partial charge in [0.25, 0.3) is 0 Å². The van der Waals surface area contributed by atoms with Gasteiger partial charge in [0, 0.05) is 26.3 Å². The number of nitriles is 1. The van der Waals surface area contributed by atoms with Crippen molar-refractivity contribution < 1.29 is 4.74 Å². The summed E-state index contributed by atoms with van der Waals surface area (Å²) in [4.78, 5) is 8.13. The molecular weight excluding hydrogens is 192 g/mol. The van der Waals surface area contributed by atoms with Gasteiger partial charge >= 0.3 is 0 Å². The molecule has 0 aliphatic carbocycles. The third-order valence-corrected chi connectivity index (χ3v) is 1.78. The van der Waals surface area contributed by atoms with Crippen LogP contribution in [0.4, 0.5) is 5.82 Å². The zero-order valence-electron chi connectivity index (χ0n) is 8.95. The van der Waals surface area contributed by atoms with E-state index < -0.39 is 0 Å². The third-order valence-electron chi connectivity index (χ3n) is 1.78. The number of hydrogen-bond acceptors (Lipinski definition) is 5. The van der Waals surface area contributed by atoms with Crippen LogP contribution >= 0.6 is 0 Å². The van der Waals surface area contributed by atoms with E-state index in [4.69, 9.17) is 10.00 Å². The van der Waals surface area contributed by atoms with Gasteiger partial charge < -0.3 is 10.1 Å². The van der Waals surface area contributed by atoms with Crippen LogP contribution < -0.4 is 5.32 Å². The Kier molecular flexibility index (Phi) is 4.51. The minimum atomic E-state index is 0.386. The number of aryl methyl sites for hydroxylation is 1. The monoisotopic (exact) mass is 206 g/mol. The molecule has 15 heavy (non-hydrogen) atoms. The van der Waals surface area contributed by atoms with E-state index in [1.54, 1.807) is 20.1 Å². The Morgan fingerprint density at radius 2 is 2.33 bits per heavy atom. The summed E-state index contributed by atoms with van der Waals surface area (Å²) in [5.41, 5.74) is 0.386. The molecule has 0 aliphatic heterocycles. The third kappa shape index (κ3) is 3.92. The summed E-state index contributed by atoms with van der Waals surface area (Å²) in [6, 6.07) is 3.63. The summed E-state index contributed by atoms with van der Waals surface area (Å²) >= 11 is 0. The highest BCUT2D eigenvalue weighted by molar-refractivity contribution is 5.39. The average molecular weight is 206 g/mol. The number of aromatic nitrogens is 2. The normalized spacial score (nSPS) is 9.67. The molecule has 0 saturated heterocycles. The summed E-state index contributed by atoms with van der Waals surface area (Å²) in [6.45, 7) is 3.25. The number of ether oxygens (including phenoxy) is 1. The van der Waals surface area contributed by atoms with Gasteiger partial charge in [0.15, 0.2) is 0 Å². The van der Waals surface area contributed by atoms with E-state index >= 15 is 0 Å². The van der Waals surface area contributed by atoms with Crippen LogP contribution in [-0.4, -0.2) is 30.2 Å². The molecule has 5 heteroatoms. The first-order valence-electron chi connectivity index (χ1n) is 4.75. The summed E-state index contributed by atoms with van der Waals surface area (Å²) in [5.74, 6) is 1.29. The lowest BCUT2D eigenvalue weighted by atomic mass is 10.4. The highest BCUT2D eigenvalue weighted by Crippen LogP contribution is 2.05. The van der Waals surface area contributed by atoms with Gasteiger partial charge in [0.1, 0.15) is 23.4 Å². The Morgan fingerprint density at radius 3 is 3.00 bits per heavy atom. The number of hydrogen-bond donors (Lipinski definition) is 1. The molecule has 0 atom stereocenters. The van der Waals surface area contributed by atoms with E-state index in [9.17, 15) is 0 Å². The van der Waals surface area contributed by atoms with Crippen molar-refractivity contribution in [2.75, 3.05) is 25.6 Å². The smallest absolute Gasteiger partial charge is 0.146 e. The summed E-state index contributed by atoms with van der Waals surface area (Å²) < 4.78 is 4.92. The number of methoxy groups -OCH3 is 1. The molecule has 0 amide bonds. The minimum Gasteiger partial charge on any atom is -0.385 e. The molecule has 0 saturated carbocycles. The molecule has 1 N–H and O–H groups in total. The van der Waals surface area contributed by atoms with Crippen molar-refractivity contribution >= 4 is 5.82 Å². The zero-order valence-corrected chi connectivity index (χ0v) is 8.95. The first kappa shape index (κ1) is 11.4. The number of nitrogens with one attached hydrogen (secondary N) is 1. The van der Waals surface area contributed by atoms with Gasteiger partial charge in [-0.2, -0.15) is 5.26 Å². The predicted octanol–water partition coefficient (Wildman–Crippen LogP) is 1.11. The number of rotatable bonds is 5. The summed E-state index contributed by atoms with van der Waals surface area (Å²) in [6.07, 6.45) is 0.904. The van der Waals surface area contributed by atoms with E-state index in [0.29, 0.717) is 23.9 Å². The van der Waals surface area contributed by atoms with E-state index in [1.807, 2.05) is 6.07 Å². The van der Waals surface area contributed by atoms with Crippen LogP contribution in [0.2, 0.25) is 0 Å². The highest BCUT2D eigenvalue weighted by atomic mass is 16.5. The Balaban J connectivity index is 2.54. The lowest BCUT2D eigenvalue weighted by Crippen LogP contribution is -2.07. The molecule has 0 bridgehead atoms. The second-order valence-corrected chi connectivity index (χ2v) is 3.07. The fourth-order valence-corrected chi connectivity index (χ4v) is 1.15. The summed E-state index contributed by atoms with van der Waals surface area (Å²) in [7, 11) is 1.67. The first-order chi connectivity index (χ1) is 7.26. The molecule has 5 nitrogen and oxygen atoms in total. The van der Waals surface area contributed by atoms with Crippen molar-refractivity contribution in [2.45, 2.75) is 13.3 Å². The Labute approximate surface area is 89.1 Å². The maximum atomic E-state index is 8.71. The lowest BCUT2D eigenvalue weighted by molar-refractivity contribution is 0.198. The Bertz CT molecular complexity index is 359. The molecule has 1 rings (SSSR count). The van der Waals surface area contributed by atoms with Gasteiger partial charge in [0.05, 0.1) is 0 Å². The van der Waals surface area contributed by atoms with Crippen LogP contribution in [0.25, 0.3) is 0 Å². The van der Waals surface area contributed by atoms with Gasteiger partial charge in [-0.05, 0) is 13.3 Å². The molecule has 0 aliphatic rings. The van der Waals surface area contributed by atoms with Crippen molar-refractivity contribution in [3.8, 4) is 6.07 Å². The zero-order chi connectivity index (χ0) is 11.1. The van der Waals surface area contributed by atoms with Gasteiger partial charge in [0.2, 0.25) is 0 Å². The maximum Gasteiger partial charge on any atom is 0.146 e. The second-order valence-electron chi connectivity index (χ2n) is 3.07. The predicted molar refractivity (Wildman–Crippen MR) is 56.5 cm³/mol. The fraction of sp³-hybridized carbons (Fsp3) is 0.500. The standard InChI is InChI=1S/C10H14N4O/c1-8-13-9(7-11)6-10(14-8)12-4-3-5-15-2/h6H,3-5H2,1-2H3,(H,12,13,14). The van der Waals surface area contributed by atoms with Crippen molar-refractivity contribution in [3.05, 3.63) is 17.6 Å². The quantitative estimate of drug-likeness (QED) is 0.730. The Morgan fingerprint density at radius 1 is 1.53 bits per heavy atom. The van der Waals surface area contributed by atoms with Gasteiger partial charge in [-0.1, -0.05) is 0 Å². The second kappa shape index (κ2) is 5.94. The maximum absolute atomic E-state index is 8.71. The summed E-state index contributed by atoms with van der Waals surface area (Å²) in [5, 5.41) is 11.8. The first-order valence-corrected chi connectivity index (χ1v) is 4.75. The van der Waals surface area contributed by atoms with Gasteiger partial charge in [-0.15, -0.1) is 0 Å². The van der Waals surface area contributed by atoms with Crippen LogP contribution in [0.5, 0.6) is 0 Å². The van der Waals surface area contributed by atoms with Crippen molar-refractivity contribution in [2.24, 2.45) is 0 Å². The molecule has 1 aromatic rings. The molecule has 0 fully saturated rings. The Hall–Kier alpha value is -1.67. The van der Waals surface area contributed by atoms with E-state index in [0.717, 1.165) is 13.0 Å². The topological polar surface area (TPSA) is 70.8 Å². The SMILES string of the molecule is COCCCNc1cc(C#N)nc(C)n1. The molecule has 80 valence electrons. The van der Waals surface area contributed by atoms with Crippen molar-refractivity contribution in [1.29, 1.82) is 5.26 Å². The van der Waals surface area contributed by atoms with Crippen LogP contribution in [0.15, 0.2) is 6.07 Å². The largest absolute Gasteiger partial charge is 0.385 e. The van der Waals surface area contributed by atoms with Crippen molar-refractivity contribution in [1.82, 2.24) is 9.97 Å². The molecular formula is C10H14N4O. The molecule has 1 aromatic heterocycles. The molecule has 0 radical (unpaired) electrons. The van der Waals surface area contributed by atoms with Crippen LogP contribution in [0.3, 0.4) is 0 Å². The van der Waals surface area contributed by atoms with Crippen LogP contribution in [0, 0.1) is 18.3 Å². The average Bonchev–Trinajstić information content (AvgIpc) is 2.23. The minimum absolute atomic E-state index is 0.386. The van der Waals surface area contributed by atoms with E-state index in [-0.39, 0.29) is 0 Å².